The first-order chi connectivity index (χ1) is 28.1. The molecule has 4 heterocycles. The second kappa shape index (κ2) is 27.0. The molecule has 1 N–H and O–H groups in total. The van der Waals surface area contributed by atoms with Crippen LogP contribution in [0, 0.1) is 11.8 Å². The molecular formula is C47H56FIN8O2. The topological polar surface area (TPSA) is 128 Å². The summed E-state index contributed by atoms with van der Waals surface area (Å²) >= 11 is 0. The van der Waals surface area contributed by atoms with Gasteiger partial charge in [0.2, 0.25) is 11.8 Å². The summed E-state index contributed by atoms with van der Waals surface area (Å²) in [5.74, 6) is 0.710. The van der Waals surface area contributed by atoms with Gasteiger partial charge in [0, 0.05) is 71.1 Å². The first-order valence-corrected chi connectivity index (χ1v) is 19.3. The van der Waals surface area contributed by atoms with Crippen LogP contribution in [0.1, 0.15) is 74.5 Å². The average Bonchev–Trinajstić information content (AvgIpc) is 3.27. The van der Waals surface area contributed by atoms with E-state index >= 15 is 0 Å². The van der Waals surface area contributed by atoms with Gasteiger partial charge < -0.3 is 15.2 Å². The van der Waals surface area contributed by atoms with Gasteiger partial charge in [0.15, 0.2) is 17.9 Å². The molecule has 2 radical (unpaired) electrons. The van der Waals surface area contributed by atoms with E-state index in [2.05, 4.69) is 54.4 Å². The normalized spacial score (nSPS) is 13.4. The molecule has 5 rings (SSSR count). The lowest BCUT2D eigenvalue weighted by Gasteiger charge is -2.28. The van der Waals surface area contributed by atoms with Gasteiger partial charge in [-0.25, -0.2) is 24.3 Å². The molecule has 10 nitrogen and oxygen atoms in total. The van der Waals surface area contributed by atoms with Crippen molar-refractivity contribution in [3.8, 4) is 11.3 Å². The van der Waals surface area contributed by atoms with Crippen LogP contribution >= 0.6 is 24.0 Å². The van der Waals surface area contributed by atoms with Gasteiger partial charge in [-0.2, -0.15) is 0 Å². The lowest BCUT2D eigenvalue weighted by Crippen LogP contribution is -2.36. The van der Waals surface area contributed by atoms with Gasteiger partial charge in [-0.05, 0) is 31.9 Å². The summed E-state index contributed by atoms with van der Waals surface area (Å²) in [6.07, 6.45) is 15.3. The van der Waals surface area contributed by atoms with Crippen LogP contribution in [-0.2, 0) is 35.5 Å². The summed E-state index contributed by atoms with van der Waals surface area (Å²) in [5.41, 5.74) is 7.33. The molecule has 59 heavy (non-hydrogen) atoms. The number of fused-ring (bicyclic) bond motifs is 2. The number of benzene rings is 1. The summed E-state index contributed by atoms with van der Waals surface area (Å²) in [6.45, 7) is 33.3. The fourth-order valence-electron chi connectivity index (χ4n) is 5.85. The molecule has 2 aliphatic heterocycles. The van der Waals surface area contributed by atoms with Crippen molar-refractivity contribution in [3.63, 3.8) is 0 Å². The number of hydrogen-bond donors (Lipinski definition) is 1. The van der Waals surface area contributed by atoms with Gasteiger partial charge in [-0.1, -0.05) is 134 Å². The monoisotopic (exact) mass is 910 g/mol. The molecule has 0 fully saturated rings. The zero-order chi connectivity index (χ0) is 43.2. The Morgan fingerprint density at radius 1 is 0.746 bits per heavy atom. The van der Waals surface area contributed by atoms with Crippen molar-refractivity contribution in [2.45, 2.75) is 66.8 Å². The number of carbonyl (C=O) groups excluding carboxylic acids is 2. The smallest absolute Gasteiger partial charge is 0.246 e. The van der Waals surface area contributed by atoms with E-state index in [1.165, 1.54) is 31.7 Å². The maximum atomic E-state index is 12.9. The summed E-state index contributed by atoms with van der Waals surface area (Å²) < 4.78 is 12.9. The van der Waals surface area contributed by atoms with Gasteiger partial charge in [0.25, 0.3) is 0 Å². The Bertz CT molecular complexity index is 2070. The van der Waals surface area contributed by atoms with E-state index in [1.54, 1.807) is 40.2 Å². The highest BCUT2D eigenvalue weighted by atomic mass is 127. The summed E-state index contributed by atoms with van der Waals surface area (Å²) in [4.78, 5) is 49.7. The Morgan fingerprint density at radius 3 is 1.68 bits per heavy atom. The predicted molar refractivity (Wildman–Crippen MR) is 252 cm³/mol. The standard InChI is InChI=1S/C22H21N3O.C21H23FN5O.2C2H6.I/c1-4-10-16(5-2)22-23-19-15-25(20(26)6-3)14-13-18(19)21(24-22)17-11-8-7-9-12-17;1-5-8-15(6-2)21-25-18-13-27(19(28)7-3)12-10-16(18)20(26-21)17(23)9-11-24-14(4)22;2*1-2;/h4-12H,1-3,13-15H2;5-9,11,14,23H,1-3,10,12-13H2,4H3;2*1-2H3;/b16-10+;15-8+,23-17?,24-11+;;;. The minimum Gasteiger partial charge on any atom is -0.333 e. The summed E-state index contributed by atoms with van der Waals surface area (Å²) in [7, 11) is 0. The first kappa shape index (κ1) is 51.3. The Morgan fingerprint density at radius 2 is 1.22 bits per heavy atom. The molecule has 2 aliphatic rings. The van der Waals surface area contributed by atoms with Crippen molar-refractivity contribution in [2.75, 3.05) is 13.1 Å². The van der Waals surface area contributed by atoms with E-state index < -0.39 is 6.30 Å². The summed E-state index contributed by atoms with van der Waals surface area (Å²) in [5, 5.41) is 8.36. The molecule has 0 aliphatic carbocycles. The van der Waals surface area contributed by atoms with Crippen LogP contribution in [0.5, 0.6) is 0 Å². The van der Waals surface area contributed by atoms with Crippen LogP contribution in [0.2, 0.25) is 0 Å². The number of hydrogen-bond acceptors (Lipinski definition) is 8. The van der Waals surface area contributed by atoms with Crippen molar-refractivity contribution >= 4 is 58.9 Å². The Labute approximate surface area is 367 Å². The fraction of sp³-hybridized carbons (Fsp3) is 0.255. The van der Waals surface area contributed by atoms with Gasteiger partial charge in [-0.15, -0.1) is 0 Å². The molecule has 310 valence electrons. The van der Waals surface area contributed by atoms with Crippen LogP contribution in [0.25, 0.3) is 22.4 Å². The lowest BCUT2D eigenvalue weighted by atomic mass is 9.97. The molecule has 2 amide bonds. The SMILES string of the molecule is C=C/C=C(\C=C)c1nc2c(c(-c3ccccc3)n1)CCN(C(=O)C=C)C2.C=C/C=C(\C=C)c1nc2c(c(C(=N)[CH]/C=N/C(C)F)n1)CCN(C(=O)C=C)C2.CC.CC.[I]. The first-order valence-electron chi connectivity index (χ1n) is 19.3. The van der Waals surface area contributed by atoms with E-state index in [0.29, 0.717) is 67.6 Å². The van der Waals surface area contributed by atoms with Crippen LogP contribution in [-0.4, -0.2) is 72.9 Å². The molecular weight excluding hydrogens is 854 g/mol. The second-order valence-electron chi connectivity index (χ2n) is 12.0. The third-order valence-corrected chi connectivity index (χ3v) is 8.49. The second-order valence-corrected chi connectivity index (χ2v) is 12.0. The molecule has 0 saturated carbocycles. The van der Waals surface area contributed by atoms with Crippen molar-refractivity contribution in [1.29, 1.82) is 5.41 Å². The highest BCUT2D eigenvalue weighted by molar-refractivity contribution is 14.0. The molecule has 1 atom stereocenters. The highest BCUT2D eigenvalue weighted by Crippen LogP contribution is 2.30. The quantitative estimate of drug-likeness (QED) is 0.0598. The summed E-state index contributed by atoms with van der Waals surface area (Å²) in [6, 6.07) is 10.0. The van der Waals surface area contributed by atoms with Crippen LogP contribution in [0.3, 0.4) is 0 Å². The van der Waals surface area contributed by atoms with Crippen molar-refractivity contribution in [1.82, 2.24) is 29.7 Å². The van der Waals surface area contributed by atoms with Gasteiger partial charge in [0.05, 0.1) is 48.0 Å². The van der Waals surface area contributed by atoms with Crippen LogP contribution in [0.4, 0.5) is 4.39 Å². The fourth-order valence-corrected chi connectivity index (χ4v) is 5.85. The van der Waals surface area contributed by atoms with Gasteiger partial charge >= 0.3 is 0 Å². The maximum Gasteiger partial charge on any atom is 0.246 e. The molecule has 0 spiro atoms. The average molecular weight is 911 g/mol. The Balaban J connectivity index is 0.000000537. The minimum absolute atomic E-state index is 0. The zero-order valence-electron chi connectivity index (χ0n) is 34.9. The number of aliphatic imine (C=N–C) groups is 1. The number of nitrogens with one attached hydrogen (secondary N) is 1. The predicted octanol–water partition coefficient (Wildman–Crippen LogP) is 10.2. The lowest BCUT2D eigenvalue weighted by molar-refractivity contribution is -0.127. The molecule has 2 aromatic heterocycles. The molecule has 12 heteroatoms. The van der Waals surface area contributed by atoms with Crippen molar-refractivity contribution < 1.29 is 14.0 Å². The van der Waals surface area contributed by atoms with E-state index in [4.69, 9.17) is 15.4 Å². The van der Waals surface area contributed by atoms with Crippen LogP contribution < -0.4 is 0 Å². The van der Waals surface area contributed by atoms with E-state index in [1.807, 2.05) is 64.1 Å². The number of amides is 2. The number of rotatable bonds is 13. The third-order valence-electron chi connectivity index (χ3n) is 8.49. The molecule has 0 saturated heterocycles. The minimum atomic E-state index is -1.35. The Kier molecular flexibility index (Phi) is 23.5. The van der Waals surface area contributed by atoms with E-state index in [-0.39, 0.29) is 41.5 Å². The van der Waals surface area contributed by atoms with E-state index in [9.17, 15) is 14.0 Å². The number of aromatic nitrogens is 4. The molecule has 1 unspecified atom stereocenters. The van der Waals surface area contributed by atoms with Crippen molar-refractivity contribution in [2.24, 2.45) is 4.99 Å². The number of carbonyl (C=O) groups is 2. The molecule has 0 bridgehead atoms. The number of nitrogens with zero attached hydrogens (tertiary/aromatic N) is 7. The number of halogens is 2. The highest BCUT2D eigenvalue weighted by Gasteiger charge is 2.27. The van der Waals surface area contributed by atoms with E-state index in [0.717, 1.165) is 33.7 Å². The largest absolute Gasteiger partial charge is 0.333 e. The van der Waals surface area contributed by atoms with Gasteiger partial charge in [-0.3, -0.25) is 14.6 Å². The number of alkyl halides is 1. The Hall–Kier alpha value is -5.76. The van der Waals surface area contributed by atoms with Crippen LogP contribution in [0.15, 0.2) is 123 Å². The molecule has 3 aromatic rings. The third kappa shape index (κ3) is 14.2. The maximum absolute atomic E-state index is 12.9. The zero-order valence-corrected chi connectivity index (χ0v) is 37.1. The van der Waals surface area contributed by atoms with Crippen molar-refractivity contribution in [3.05, 3.63) is 165 Å². The number of allylic oxidation sites excluding steroid dienone is 8. The molecule has 1 aromatic carbocycles. The van der Waals surface area contributed by atoms with Gasteiger partial charge in [0.1, 0.15) is 0 Å².